The Morgan fingerprint density at radius 3 is 2.15 bits per heavy atom. The van der Waals surface area contributed by atoms with Gasteiger partial charge in [0.15, 0.2) is 0 Å². The summed E-state index contributed by atoms with van der Waals surface area (Å²) in [5.74, 6) is -0.255. The van der Waals surface area contributed by atoms with E-state index in [1.807, 2.05) is 31.2 Å². The van der Waals surface area contributed by atoms with Crippen LogP contribution in [0.15, 0.2) is 61.8 Å². The summed E-state index contributed by atoms with van der Waals surface area (Å²) in [6.07, 6.45) is 17.4. The molecule has 2 aliphatic rings. The van der Waals surface area contributed by atoms with Crippen LogP contribution in [0.3, 0.4) is 0 Å². The number of carbonyl (C=O) groups is 3. The third-order valence-electron chi connectivity index (χ3n) is 4.95. The molecule has 0 aliphatic carbocycles. The number of allylic oxidation sites excluding steroid dienone is 4. The number of imide groups is 1. The topological polar surface area (TPSA) is 102 Å². The molecule has 0 aromatic rings. The molecule has 8 nitrogen and oxygen atoms in total. The third-order valence-corrected chi connectivity index (χ3v) is 4.95. The normalized spacial score (nSPS) is 21.2. The Balaban J connectivity index is 0.000000588. The summed E-state index contributed by atoms with van der Waals surface area (Å²) >= 11 is 0. The van der Waals surface area contributed by atoms with Crippen LogP contribution in [0.4, 0.5) is 9.59 Å². The highest BCUT2D eigenvalue weighted by Gasteiger charge is 2.44. The van der Waals surface area contributed by atoms with Crippen LogP contribution in [0, 0.1) is 12.5 Å². The van der Waals surface area contributed by atoms with Crippen LogP contribution < -0.4 is 10.6 Å². The van der Waals surface area contributed by atoms with E-state index in [1.54, 1.807) is 30.9 Å². The predicted molar refractivity (Wildman–Crippen MR) is 132 cm³/mol. The second-order valence-corrected chi connectivity index (χ2v) is 8.15. The van der Waals surface area contributed by atoms with Crippen molar-refractivity contribution >= 4 is 18.0 Å². The summed E-state index contributed by atoms with van der Waals surface area (Å²) in [6, 6.07) is -0.364. The molecule has 2 aliphatic heterocycles. The molecule has 1 atom stereocenters. The van der Waals surface area contributed by atoms with Crippen LogP contribution in [0.2, 0.25) is 0 Å². The predicted octanol–water partition coefficient (Wildman–Crippen LogP) is 3.49. The average Bonchev–Trinajstić information content (AvgIpc) is 3.13. The Bertz CT molecular complexity index is 851. The first-order chi connectivity index (χ1) is 15.5. The molecule has 0 saturated carbocycles. The summed E-state index contributed by atoms with van der Waals surface area (Å²) in [4.78, 5) is 37.3. The molecule has 5 amide bonds. The lowest BCUT2D eigenvalue weighted by atomic mass is 9.93. The van der Waals surface area contributed by atoms with Gasteiger partial charge in [-0.2, -0.15) is 0 Å². The molecule has 8 heteroatoms. The maximum Gasteiger partial charge on any atom is 0.325 e. The maximum absolute atomic E-state index is 11.8. The summed E-state index contributed by atoms with van der Waals surface area (Å²) < 4.78 is 0. The molecule has 0 spiro atoms. The zero-order chi connectivity index (χ0) is 25.7. The fourth-order valence-electron chi connectivity index (χ4n) is 3.28. The van der Waals surface area contributed by atoms with E-state index >= 15 is 0 Å². The van der Waals surface area contributed by atoms with Gasteiger partial charge in [0.1, 0.15) is 11.6 Å². The second kappa shape index (κ2) is 13.6. The van der Waals surface area contributed by atoms with E-state index in [0.717, 1.165) is 12.0 Å². The van der Waals surface area contributed by atoms with E-state index in [0.29, 0.717) is 19.6 Å². The van der Waals surface area contributed by atoms with E-state index in [9.17, 15) is 14.4 Å². The maximum atomic E-state index is 11.8. The number of hydrogen-bond acceptors (Lipinski definition) is 4. The van der Waals surface area contributed by atoms with Gasteiger partial charge < -0.3 is 20.2 Å². The molecule has 0 aromatic heterocycles. The number of amides is 5. The Labute approximate surface area is 197 Å². The quantitative estimate of drug-likeness (QED) is 0.225. The van der Waals surface area contributed by atoms with Crippen LogP contribution in [-0.2, 0) is 4.79 Å². The zero-order valence-corrected chi connectivity index (χ0v) is 20.1. The lowest BCUT2D eigenvalue weighted by Gasteiger charge is -2.26. The van der Waals surface area contributed by atoms with Gasteiger partial charge in [-0.05, 0) is 39.7 Å². The minimum atomic E-state index is -0.745. The van der Waals surface area contributed by atoms with E-state index in [4.69, 9.17) is 5.11 Å². The summed E-state index contributed by atoms with van der Waals surface area (Å²) in [5, 5.41) is 12.4. The Morgan fingerprint density at radius 2 is 1.73 bits per heavy atom. The third kappa shape index (κ3) is 8.73. The van der Waals surface area contributed by atoms with Crippen molar-refractivity contribution in [3.63, 3.8) is 0 Å². The highest BCUT2D eigenvalue weighted by Crippen LogP contribution is 2.24. The lowest BCUT2D eigenvalue weighted by molar-refractivity contribution is -0.124. The molecule has 1 unspecified atom stereocenters. The molecule has 180 valence electrons. The fourth-order valence-corrected chi connectivity index (χ4v) is 3.28. The number of nitrogens with zero attached hydrogens (tertiary/aromatic N) is 2. The van der Waals surface area contributed by atoms with Crippen molar-refractivity contribution in [1.82, 2.24) is 20.4 Å². The van der Waals surface area contributed by atoms with Gasteiger partial charge in [-0.1, -0.05) is 49.5 Å². The van der Waals surface area contributed by atoms with Crippen molar-refractivity contribution < 1.29 is 19.5 Å². The molecule has 33 heavy (non-hydrogen) atoms. The number of aliphatic hydroxyl groups is 1. The highest BCUT2D eigenvalue weighted by atomic mass is 16.2. The minimum absolute atomic E-state index is 0.0214. The molecule has 0 radical (unpaired) electrons. The fraction of sp³-hybridized carbons (Fsp3) is 0.400. The van der Waals surface area contributed by atoms with Crippen molar-refractivity contribution in [3.05, 3.63) is 61.8 Å². The molecule has 0 bridgehead atoms. The Morgan fingerprint density at radius 1 is 1.15 bits per heavy atom. The number of terminal acetylenes is 1. The minimum Gasteiger partial charge on any atom is -0.462 e. The smallest absolute Gasteiger partial charge is 0.325 e. The molecule has 2 rings (SSSR count). The van der Waals surface area contributed by atoms with Crippen molar-refractivity contribution in [3.8, 4) is 12.5 Å². The number of rotatable bonds is 8. The van der Waals surface area contributed by atoms with E-state index in [1.165, 1.54) is 11.0 Å². The molecule has 2 heterocycles. The molecule has 0 aromatic carbocycles. The first-order valence-electron chi connectivity index (χ1n) is 10.4. The Hall–Kier alpha value is -3.73. The largest absolute Gasteiger partial charge is 0.462 e. The van der Waals surface area contributed by atoms with Crippen LogP contribution >= 0.6 is 0 Å². The van der Waals surface area contributed by atoms with Crippen LogP contribution in [0.1, 0.15) is 34.1 Å². The van der Waals surface area contributed by atoms with Gasteiger partial charge in [0.2, 0.25) is 0 Å². The molecule has 3 N–H and O–H groups in total. The number of urea groups is 2. The molecular weight excluding hydrogens is 420 g/mol. The Kier molecular flexibility index (Phi) is 12.1. The van der Waals surface area contributed by atoms with Crippen molar-refractivity contribution in [2.75, 3.05) is 19.6 Å². The van der Waals surface area contributed by atoms with Crippen molar-refractivity contribution in [1.29, 1.82) is 0 Å². The highest BCUT2D eigenvalue weighted by molar-refractivity contribution is 6.06. The van der Waals surface area contributed by atoms with Gasteiger partial charge in [0, 0.05) is 19.6 Å². The zero-order valence-electron chi connectivity index (χ0n) is 20.1. The first-order valence-corrected chi connectivity index (χ1v) is 10.4. The summed E-state index contributed by atoms with van der Waals surface area (Å²) in [7, 11) is 0. The van der Waals surface area contributed by atoms with Crippen LogP contribution in [0.5, 0.6) is 0 Å². The van der Waals surface area contributed by atoms with Gasteiger partial charge in [0.25, 0.3) is 5.91 Å². The van der Waals surface area contributed by atoms with Crippen molar-refractivity contribution in [2.24, 2.45) is 0 Å². The van der Waals surface area contributed by atoms with Crippen LogP contribution in [0.25, 0.3) is 0 Å². The SMILES string of the molecule is C#CO.C=CCN1C(=O)NC(=O)C1(C)C.C=CCN1CC(C)(C/C(C=C)=C/C=C/C)NC1=O. The number of carbonyl (C=O) groups excluding carboxylic acids is 3. The van der Waals surface area contributed by atoms with Gasteiger partial charge >= 0.3 is 12.1 Å². The first kappa shape index (κ1) is 29.3. The number of hydrogen-bond donors (Lipinski definition) is 3. The molecule has 2 fully saturated rings. The van der Waals surface area contributed by atoms with Gasteiger partial charge in [-0.3, -0.25) is 10.1 Å². The van der Waals surface area contributed by atoms with Crippen molar-refractivity contribution in [2.45, 2.75) is 45.2 Å². The van der Waals surface area contributed by atoms with E-state index in [2.05, 4.69) is 43.7 Å². The summed E-state index contributed by atoms with van der Waals surface area (Å²) in [6.45, 7) is 20.1. The van der Waals surface area contributed by atoms with Crippen LogP contribution in [-0.4, -0.2) is 63.6 Å². The lowest BCUT2D eigenvalue weighted by Crippen LogP contribution is -2.44. The monoisotopic (exact) mass is 456 g/mol. The number of aliphatic hydroxyl groups excluding tert-OH is 1. The number of nitrogens with one attached hydrogen (secondary N) is 2. The van der Waals surface area contributed by atoms with Gasteiger partial charge in [-0.25, -0.2) is 9.59 Å². The van der Waals surface area contributed by atoms with Gasteiger partial charge in [0.05, 0.1) is 5.54 Å². The van der Waals surface area contributed by atoms with E-state index < -0.39 is 5.54 Å². The van der Waals surface area contributed by atoms with E-state index in [-0.39, 0.29) is 23.5 Å². The second-order valence-electron chi connectivity index (χ2n) is 8.15. The average molecular weight is 457 g/mol. The molecule has 2 saturated heterocycles. The van der Waals surface area contributed by atoms with Gasteiger partial charge in [-0.15, -0.1) is 13.2 Å². The molecular formula is C25H36N4O4. The standard InChI is InChI=1S/C15H22N2O.C8H12N2O2.C2H2O/c1-5-8-9-13(7-3)11-15(4)12-17(10-6-2)14(18)16-15;1-4-5-10-7(12)9-6(11)8(10,2)3;1-2-3/h5-9H,2-3,10-12H2,1,4H3,(H,16,18);4H,1,5H2,2-3H3,(H,9,11,12);1,3H/b8-5+,13-9+;;. The summed E-state index contributed by atoms with van der Waals surface area (Å²) in [5.41, 5.74) is 0.142.